The highest BCUT2D eigenvalue weighted by Crippen LogP contribution is 2.30. The topological polar surface area (TPSA) is 116 Å². The van der Waals surface area contributed by atoms with Gasteiger partial charge in [-0.1, -0.05) is 25.0 Å². The average molecular weight is 301 g/mol. The molecule has 0 amide bonds. The molecule has 7 nitrogen and oxygen atoms in total. The van der Waals surface area contributed by atoms with Gasteiger partial charge >= 0.3 is 0 Å². The molecule has 0 aliphatic heterocycles. The average Bonchev–Trinajstić information content (AvgIpc) is 2.37. The molecule has 0 aromatic heterocycles. The van der Waals surface area contributed by atoms with Crippen molar-refractivity contribution < 1.29 is 18.8 Å². The fraction of sp³-hybridized carbons (Fsp3) is 0.500. The number of anilines is 1. The molecule has 0 aliphatic carbocycles. The molecule has 1 aromatic rings. The molecule has 1 aromatic carbocycles. The van der Waals surface area contributed by atoms with E-state index in [-0.39, 0.29) is 18.0 Å². The van der Waals surface area contributed by atoms with Gasteiger partial charge in [0.15, 0.2) is 0 Å². The summed E-state index contributed by atoms with van der Waals surface area (Å²) in [5, 5.41) is 19.8. The van der Waals surface area contributed by atoms with Crippen LogP contribution in [0, 0.1) is 10.1 Å². The number of nitro groups is 1. The van der Waals surface area contributed by atoms with Crippen LogP contribution in [0.4, 0.5) is 11.4 Å². The summed E-state index contributed by atoms with van der Waals surface area (Å²) >= 11 is -2.59. The van der Waals surface area contributed by atoms with Crippen molar-refractivity contribution in [3.63, 3.8) is 0 Å². The summed E-state index contributed by atoms with van der Waals surface area (Å²) < 4.78 is 23.3. The van der Waals surface area contributed by atoms with Crippen LogP contribution in [0.25, 0.3) is 0 Å². The first-order chi connectivity index (χ1) is 9.56. The van der Waals surface area contributed by atoms with E-state index in [2.05, 4.69) is 0 Å². The number of para-hydroxylation sites is 1. The molecule has 0 radical (unpaired) electrons. The number of benzene rings is 1. The van der Waals surface area contributed by atoms with Crippen LogP contribution in [0.1, 0.15) is 31.2 Å². The maximum absolute atomic E-state index is 11.1. The van der Waals surface area contributed by atoms with E-state index in [4.69, 9.17) is 5.11 Å². The van der Waals surface area contributed by atoms with E-state index < -0.39 is 16.2 Å². The lowest BCUT2D eigenvalue weighted by Crippen LogP contribution is -2.07. The van der Waals surface area contributed by atoms with Gasteiger partial charge in [0.25, 0.3) is 5.69 Å². The lowest BCUT2D eigenvalue weighted by atomic mass is 10.0. The molecule has 112 valence electrons. The summed E-state index contributed by atoms with van der Waals surface area (Å²) in [6, 6.07) is 4.58. The fourth-order valence-corrected chi connectivity index (χ4v) is 2.31. The van der Waals surface area contributed by atoms with E-state index in [1.54, 1.807) is 12.1 Å². The number of aliphatic hydroxyl groups excluding tert-OH is 1. The van der Waals surface area contributed by atoms with Crippen LogP contribution in [0.15, 0.2) is 18.2 Å². The van der Waals surface area contributed by atoms with Crippen LogP contribution >= 0.6 is 0 Å². The van der Waals surface area contributed by atoms with Gasteiger partial charge in [-0.05, 0) is 25.3 Å². The van der Waals surface area contributed by atoms with Crippen molar-refractivity contribution in [2.75, 3.05) is 11.3 Å². The van der Waals surface area contributed by atoms with Gasteiger partial charge < -0.3 is 14.4 Å². The zero-order chi connectivity index (χ0) is 15.0. The number of nitrogens with zero attached hydrogens (tertiary/aromatic N) is 1. The van der Waals surface area contributed by atoms with Gasteiger partial charge in [-0.15, -0.1) is 0 Å². The Morgan fingerprint density at radius 3 is 2.55 bits per heavy atom. The van der Waals surface area contributed by atoms with Crippen LogP contribution in [-0.4, -0.2) is 25.4 Å². The van der Waals surface area contributed by atoms with Gasteiger partial charge in [0.05, 0.1) is 4.92 Å². The Bertz CT molecular complexity index is 481. The van der Waals surface area contributed by atoms with E-state index in [1.807, 2.05) is 4.72 Å². The van der Waals surface area contributed by atoms with E-state index >= 15 is 0 Å². The number of nitro benzene ring substituents is 1. The Labute approximate surface area is 119 Å². The number of aryl methyl sites for hydroxylation is 1. The molecule has 0 bridgehead atoms. The smallest absolute Gasteiger partial charge is 0.296 e. The predicted molar refractivity (Wildman–Crippen MR) is 74.9 cm³/mol. The first kappa shape index (κ1) is 16.5. The summed E-state index contributed by atoms with van der Waals surface area (Å²) in [5.74, 6) is 0. The zero-order valence-electron chi connectivity index (χ0n) is 10.9. The molecule has 0 aliphatic rings. The number of hydrogen-bond donors (Lipinski definition) is 2. The Balaban J connectivity index is 2.78. The van der Waals surface area contributed by atoms with Crippen LogP contribution in [-0.2, 0) is 17.7 Å². The van der Waals surface area contributed by atoms with Gasteiger partial charge in [-0.3, -0.25) is 14.3 Å². The Morgan fingerprint density at radius 2 is 1.95 bits per heavy atom. The molecule has 8 heteroatoms. The summed E-state index contributed by atoms with van der Waals surface area (Å²) in [6.07, 6.45) is 3.71. The van der Waals surface area contributed by atoms with Crippen molar-refractivity contribution in [2.24, 2.45) is 0 Å². The van der Waals surface area contributed by atoms with Gasteiger partial charge in [-0.2, -0.15) is 0 Å². The second kappa shape index (κ2) is 8.62. The third kappa shape index (κ3) is 5.24. The first-order valence-electron chi connectivity index (χ1n) is 6.29. The highest BCUT2D eigenvalue weighted by molar-refractivity contribution is 7.80. The van der Waals surface area contributed by atoms with Crippen LogP contribution < -0.4 is 4.72 Å². The molecule has 1 unspecified atom stereocenters. The van der Waals surface area contributed by atoms with E-state index in [9.17, 15) is 18.9 Å². The SMILES string of the molecule is O=[N+]([O-])c1c(CCCCCCO)cccc1NS(=O)[O-]. The van der Waals surface area contributed by atoms with Gasteiger partial charge in [-0.25, -0.2) is 0 Å². The Morgan fingerprint density at radius 1 is 1.25 bits per heavy atom. The lowest BCUT2D eigenvalue weighted by Gasteiger charge is -2.11. The summed E-state index contributed by atoms with van der Waals surface area (Å²) in [6.45, 7) is 0.148. The maximum Gasteiger partial charge on any atom is 0.296 e. The summed E-state index contributed by atoms with van der Waals surface area (Å²) in [5.41, 5.74) is 0.296. The Hall–Kier alpha value is -1.51. The highest BCUT2D eigenvalue weighted by atomic mass is 32.2. The third-order valence-corrected chi connectivity index (χ3v) is 3.24. The van der Waals surface area contributed by atoms with Crippen molar-refractivity contribution >= 4 is 22.6 Å². The van der Waals surface area contributed by atoms with Crippen molar-refractivity contribution in [3.05, 3.63) is 33.9 Å². The number of hydrogen-bond acceptors (Lipinski definition) is 5. The second-order valence-corrected chi connectivity index (χ2v) is 4.97. The largest absolute Gasteiger partial charge is 0.755 e. The normalized spacial score (nSPS) is 12.1. The minimum Gasteiger partial charge on any atom is -0.755 e. The van der Waals surface area contributed by atoms with Crippen molar-refractivity contribution in [3.8, 4) is 0 Å². The van der Waals surface area contributed by atoms with Crippen LogP contribution in [0.3, 0.4) is 0 Å². The number of rotatable bonds is 9. The monoisotopic (exact) mass is 301 g/mol. The molecule has 1 rings (SSSR count). The molecule has 0 fully saturated rings. The first-order valence-corrected chi connectivity index (χ1v) is 7.36. The molecule has 0 heterocycles. The number of nitrogens with one attached hydrogen (secondary N) is 1. The van der Waals surface area contributed by atoms with Crippen molar-refractivity contribution in [1.82, 2.24) is 0 Å². The van der Waals surface area contributed by atoms with Gasteiger partial charge in [0.2, 0.25) is 0 Å². The standard InChI is InChI=1S/C12H18N2O5S/c15-9-4-2-1-3-6-10-7-5-8-11(13-20(18)19)12(10)14(16)17/h5,7-8,13,15H,1-4,6,9H2,(H,18,19)/p-1. The minimum absolute atomic E-state index is 0.0174. The maximum atomic E-state index is 11.1. The molecule has 1 atom stereocenters. The highest BCUT2D eigenvalue weighted by Gasteiger charge is 2.19. The molecule has 0 saturated carbocycles. The minimum atomic E-state index is -2.59. The lowest BCUT2D eigenvalue weighted by molar-refractivity contribution is -0.384. The van der Waals surface area contributed by atoms with Crippen LogP contribution in [0.5, 0.6) is 0 Å². The molecular formula is C12H17N2O5S-. The number of unbranched alkanes of at least 4 members (excludes halogenated alkanes) is 3. The molecular weight excluding hydrogens is 284 g/mol. The van der Waals surface area contributed by atoms with E-state index in [0.717, 1.165) is 25.7 Å². The summed E-state index contributed by atoms with van der Waals surface area (Å²) in [4.78, 5) is 10.5. The number of aliphatic hydroxyl groups is 1. The summed E-state index contributed by atoms with van der Waals surface area (Å²) in [7, 11) is 0. The zero-order valence-corrected chi connectivity index (χ0v) is 11.7. The van der Waals surface area contributed by atoms with Crippen molar-refractivity contribution in [1.29, 1.82) is 0 Å². The van der Waals surface area contributed by atoms with Crippen LogP contribution in [0.2, 0.25) is 0 Å². The van der Waals surface area contributed by atoms with E-state index in [1.165, 1.54) is 6.07 Å². The fourth-order valence-electron chi connectivity index (χ4n) is 1.96. The van der Waals surface area contributed by atoms with Crippen molar-refractivity contribution in [2.45, 2.75) is 32.1 Å². The van der Waals surface area contributed by atoms with E-state index in [0.29, 0.717) is 12.0 Å². The molecule has 2 N–H and O–H groups in total. The second-order valence-electron chi connectivity index (χ2n) is 4.30. The Kier molecular flexibility index (Phi) is 7.13. The van der Waals surface area contributed by atoms with Gasteiger partial charge in [0.1, 0.15) is 5.69 Å². The van der Waals surface area contributed by atoms with Gasteiger partial charge in [0, 0.05) is 23.4 Å². The molecule has 0 spiro atoms. The molecule has 20 heavy (non-hydrogen) atoms. The molecule has 0 saturated heterocycles. The third-order valence-electron chi connectivity index (χ3n) is 2.85. The quantitative estimate of drug-likeness (QED) is 0.313. The predicted octanol–water partition coefficient (Wildman–Crippen LogP) is 1.90.